The van der Waals surface area contributed by atoms with Crippen LogP contribution >= 0.6 is 0 Å². The minimum Gasteiger partial charge on any atom is -0.447 e. The number of piperazine rings is 1. The predicted octanol–water partition coefficient (Wildman–Crippen LogP) is 3.85. The quantitative estimate of drug-likeness (QED) is 0.206. The predicted molar refractivity (Wildman–Crippen MR) is 155 cm³/mol. The van der Waals surface area contributed by atoms with Crippen LogP contribution in [0.3, 0.4) is 0 Å². The molecule has 0 saturated carbocycles. The van der Waals surface area contributed by atoms with Gasteiger partial charge in [-0.15, -0.1) is 0 Å². The van der Waals surface area contributed by atoms with E-state index < -0.39 is 22.3 Å². The van der Waals surface area contributed by atoms with Gasteiger partial charge < -0.3 is 9.26 Å². The van der Waals surface area contributed by atoms with Crippen LogP contribution in [0.15, 0.2) is 71.3 Å². The van der Waals surface area contributed by atoms with E-state index in [0.717, 1.165) is 12.1 Å². The second-order valence-electron chi connectivity index (χ2n) is 10.3. The molecule has 0 radical (unpaired) electrons. The molecule has 5 rings (SSSR count). The SMILES string of the molecule is Cc1ccc(CN2CCN(S(=O)(=O)NC(Cc3ccc(-c4noc(-c5ccc(C)cc5)n4)c(F)c3)OC=O)CC2)cc1. The maximum atomic E-state index is 15.1. The van der Waals surface area contributed by atoms with Gasteiger partial charge in [-0.1, -0.05) is 58.7 Å². The average Bonchev–Trinajstić information content (AvgIpc) is 3.45. The average molecular weight is 594 g/mol. The second-order valence-corrected chi connectivity index (χ2v) is 12.0. The van der Waals surface area contributed by atoms with E-state index in [9.17, 15) is 13.2 Å². The molecule has 2 heterocycles. The lowest BCUT2D eigenvalue weighted by atomic mass is 10.1. The number of aryl methyl sites for hydroxylation is 2. The van der Waals surface area contributed by atoms with E-state index in [1.54, 1.807) is 6.07 Å². The zero-order valence-corrected chi connectivity index (χ0v) is 24.2. The van der Waals surface area contributed by atoms with E-state index >= 15 is 4.39 Å². The van der Waals surface area contributed by atoms with Crippen LogP contribution in [0, 0.1) is 19.7 Å². The number of rotatable bonds is 11. The number of carbonyl (C=O) groups excluding carboxylic acids is 1. The lowest BCUT2D eigenvalue weighted by molar-refractivity contribution is -0.133. The van der Waals surface area contributed by atoms with Crippen molar-refractivity contribution in [2.45, 2.75) is 33.0 Å². The summed E-state index contributed by atoms with van der Waals surface area (Å²) in [4.78, 5) is 17.7. The molecular formula is C30H32FN5O5S. The number of nitrogens with one attached hydrogen (secondary N) is 1. The molecule has 1 aliphatic heterocycles. The van der Waals surface area contributed by atoms with Gasteiger partial charge >= 0.3 is 0 Å². The molecule has 1 N–H and O–H groups in total. The fourth-order valence-electron chi connectivity index (χ4n) is 4.73. The highest BCUT2D eigenvalue weighted by Gasteiger charge is 2.30. The minimum absolute atomic E-state index is 0.0799. The fourth-order valence-corrected chi connectivity index (χ4v) is 6.00. The number of hydrogen-bond donors (Lipinski definition) is 1. The molecule has 1 fully saturated rings. The molecule has 0 spiro atoms. The van der Waals surface area contributed by atoms with E-state index in [0.29, 0.717) is 24.2 Å². The van der Waals surface area contributed by atoms with Crippen LogP contribution in [-0.4, -0.2) is 66.6 Å². The van der Waals surface area contributed by atoms with Crippen molar-refractivity contribution in [3.05, 3.63) is 94.8 Å². The Morgan fingerprint density at radius 1 is 0.976 bits per heavy atom. The Labute approximate surface area is 244 Å². The first-order chi connectivity index (χ1) is 20.2. The molecule has 0 amide bonds. The molecule has 0 aliphatic carbocycles. The number of benzene rings is 3. The summed E-state index contributed by atoms with van der Waals surface area (Å²) in [5, 5.41) is 3.90. The van der Waals surface area contributed by atoms with Gasteiger partial charge in [0, 0.05) is 44.7 Å². The van der Waals surface area contributed by atoms with Gasteiger partial charge in [-0.3, -0.25) is 9.69 Å². The summed E-state index contributed by atoms with van der Waals surface area (Å²) in [5.74, 6) is -0.281. The Morgan fingerprint density at radius 2 is 1.62 bits per heavy atom. The normalized spacial score (nSPS) is 15.4. The zero-order chi connectivity index (χ0) is 29.7. The van der Waals surface area contributed by atoms with Crippen molar-refractivity contribution in [2.24, 2.45) is 0 Å². The summed E-state index contributed by atoms with van der Waals surface area (Å²) < 4.78 is 55.4. The van der Waals surface area contributed by atoms with Gasteiger partial charge in [0.05, 0.1) is 5.56 Å². The number of halogens is 1. The monoisotopic (exact) mass is 593 g/mol. The fraction of sp³-hybridized carbons (Fsp3) is 0.300. The molecule has 1 saturated heterocycles. The van der Waals surface area contributed by atoms with Crippen molar-refractivity contribution >= 4 is 16.7 Å². The van der Waals surface area contributed by atoms with Crippen molar-refractivity contribution < 1.29 is 26.9 Å². The maximum absolute atomic E-state index is 15.1. The number of hydrogen-bond acceptors (Lipinski definition) is 8. The summed E-state index contributed by atoms with van der Waals surface area (Å²) >= 11 is 0. The van der Waals surface area contributed by atoms with Crippen molar-refractivity contribution in [3.63, 3.8) is 0 Å². The van der Waals surface area contributed by atoms with Gasteiger partial charge in [0.15, 0.2) is 6.23 Å². The zero-order valence-electron chi connectivity index (χ0n) is 23.4. The summed E-state index contributed by atoms with van der Waals surface area (Å²) in [7, 11) is -3.97. The van der Waals surface area contributed by atoms with Crippen molar-refractivity contribution in [2.75, 3.05) is 26.2 Å². The highest BCUT2D eigenvalue weighted by molar-refractivity contribution is 7.87. The first kappa shape index (κ1) is 29.5. The number of ether oxygens (including phenoxy) is 1. The van der Waals surface area contributed by atoms with Crippen molar-refractivity contribution in [1.29, 1.82) is 0 Å². The molecular weight excluding hydrogens is 561 g/mol. The van der Waals surface area contributed by atoms with Crippen LogP contribution in [0.4, 0.5) is 4.39 Å². The number of aromatic nitrogens is 2. The van der Waals surface area contributed by atoms with E-state index in [1.165, 1.54) is 27.6 Å². The molecule has 1 atom stereocenters. The smallest absolute Gasteiger partial charge is 0.294 e. The van der Waals surface area contributed by atoms with Gasteiger partial charge in [-0.25, -0.2) is 4.39 Å². The van der Waals surface area contributed by atoms with Gasteiger partial charge in [0.25, 0.3) is 22.6 Å². The third kappa shape index (κ3) is 7.26. The molecule has 220 valence electrons. The molecule has 1 aromatic heterocycles. The Balaban J connectivity index is 1.20. The third-order valence-electron chi connectivity index (χ3n) is 7.12. The Morgan fingerprint density at radius 3 is 2.26 bits per heavy atom. The molecule has 42 heavy (non-hydrogen) atoms. The van der Waals surface area contributed by atoms with Crippen LogP contribution in [0.25, 0.3) is 22.8 Å². The Bertz CT molecular complexity index is 1620. The van der Waals surface area contributed by atoms with Crippen molar-refractivity contribution in [3.8, 4) is 22.8 Å². The van der Waals surface area contributed by atoms with Crippen LogP contribution < -0.4 is 4.72 Å². The number of nitrogens with zero attached hydrogens (tertiary/aromatic N) is 4. The van der Waals surface area contributed by atoms with Gasteiger partial charge in [-0.05, 0) is 49.2 Å². The van der Waals surface area contributed by atoms with Crippen LogP contribution in [0.1, 0.15) is 22.3 Å². The van der Waals surface area contributed by atoms with E-state index in [-0.39, 0.29) is 43.3 Å². The summed E-state index contributed by atoms with van der Waals surface area (Å²) in [5.41, 5.74) is 4.68. The summed E-state index contributed by atoms with van der Waals surface area (Å²) in [6, 6.07) is 20.1. The molecule has 12 heteroatoms. The molecule has 1 unspecified atom stereocenters. The van der Waals surface area contributed by atoms with Gasteiger partial charge in [0.1, 0.15) is 5.82 Å². The third-order valence-corrected chi connectivity index (χ3v) is 8.72. The van der Waals surface area contributed by atoms with Crippen LogP contribution in [0.5, 0.6) is 0 Å². The first-order valence-corrected chi connectivity index (χ1v) is 15.0. The molecule has 4 aromatic rings. The minimum atomic E-state index is -3.97. The highest BCUT2D eigenvalue weighted by atomic mass is 32.2. The largest absolute Gasteiger partial charge is 0.447 e. The molecule has 3 aromatic carbocycles. The summed E-state index contributed by atoms with van der Waals surface area (Å²) in [6.07, 6.45) is -1.30. The molecule has 1 aliphatic rings. The van der Waals surface area contributed by atoms with Gasteiger partial charge in [0.2, 0.25) is 5.82 Å². The highest BCUT2D eigenvalue weighted by Crippen LogP contribution is 2.25. The van der Waals surface area contributed by atoms with E-state index in [4.69, 9.17) is 9.26 Å². The van der Waals surface area contributed by atoms with Gasteiger partial charge in [-0.2, -0.15) is 22.4 Å². The number of carbonyl (C=O) groups is 1. The topological polar surface area (TPSA) is 118 Å². The lowest BCUT2D eigenvalue weighted by Crippen LogP contribution is -2.54. The van der Waals surface area contributed by atoms with E-state index in [2.05, 4.69) is 44.0 Å². The Hall–Kier alpha value is -3.97. The van der Waals surface area contributed by atoms with E-state index in [1.807, 2.05) is 38.1 Å². The standard InChI is InChI=1S/C30H32FN5O5S/c1-21-3-7-23(8-4-21)19-35-13-15-36(16-14-35)42(38,39)34-28(40-20-37)18-24-9-12-26(27(31)17-24)29-32-30(41-33-29)25-10-5-22(2)6-11-25/h3-12,17,20,28,34H,13-16,18-19H2,1-2H3. The first-order valence-electron chi connectivity index (χ1n) is 13.5. The van der Waals surface area contributed by atoms with Crippen molar-refractivity contribution in [1.82, 2.24) is 24.1 Å². The second kappa shape index (κ2) is 12.9. The molecule has 0 bridgehead atoms. The van der Waals surface area contributed by atoms with Crippen LogP contribution in [-0.2, 0) is 32.7 Å². The Kier molecular flexibility index (Phi) is 9.07. The maximum Gasteiger partial charge on any atom is 0.294 e. The summed E-state index contributed by atoms with van der Waals surface area (Å²) in [6.45, 7) is 6.59. The van der Waals surface area contributed by atoms with Crippen LogP contribution in [0.2, 0.25) is 0 Å². The molecule has 10 nitrogen and oxygen atoms in total. The lowest BCUT2D eigenvalue weighted by Gasteiger charge is -2.34.